The van der Waals surface area contributed by atoms with Crippen molar-refractivity contribution >= 4 is 22.5 Å². The number of nitrogens with zero attached hydrogens (tertiary/aromatic N) is 2. The summed E-state index contributed by atoms with van der Waals surface area (Å²) in [5, 5.41) is 7.76. The highest BCUT2D eigenvalue weighted by molar-refractivity contribution is 6.01. The molecule has 3 aromatic rings. The number of urea groups is 1. The fraction of sp³-hybridized carbons (Fsp3) is 0.250. The van der Waals surface area contributed by atoms with Gasteiger partial charge in [-0.15, -0.1) is 0 Å². The highest BCUT2D eigenvalue weighted by Crippen LogP contribution is 2.22. The van der Waals surface area contributed by atoms with E-state index >= 15 is 0 Å². The molecule has 0 unspecified atom stereocenters. The van der Waals surface area contributed by atoms with Crippen molar-refractivity contribution in [1.29, 1.82) is 0 Å². The molecule has 25 heavy (non-hydrogen) atoms. The van der Waals surface area contributed by atoms with Gasteiger partial charge in [0.2, 0.25) is 0 Å². The maximum absolute atomic E-state index is 12.3. The van der Waals surface area contributed by atoms with Crippen molar-refractivity contribution in [1.82, 2.24) is 15.3 Å². The number of fused-ring (bicyclic) bond motifs is 1. The van der Waals surface area contributed by atoms with Crippen molar-refractivity contribution in [2.24, 2.45) is 0 Å². The zero-order chi connectivity index (χ0) is 17.9. The minimum Gasteiger partial charge on any atom is -0.334 e. The Morgan fingerprint density at radius 1 is 1.12 bits per heavy atom. The molecule has 2 heterocycles. The molecule has 0 atom stereocenters. The summed E-state index contributed by atoms with van der Waals surface area (Å²) in [7, 11) is 0. The third kappa shape index (κ3) is 4.12. The zero-order valence-corrected chi connectivity index (χ0v) is 14.7. The molecule has 0 saturated heterocycles. The minimum atomic E-state index is -0.238. The first-order chi connectivity index (χ1) is 11.9. The molecule has 1 aromatic carbocycles. The number of anilines is 1. The molecular weight excluding hydrogens is 312 g/mol. The first-order valence-electron chi connectivity index (χ1n) is 8.26. The number of carbonyl (C=O) groups is 1. The molecule has 3 rings (SSSR count). The lowest BCUT2D eigenvalue weighted by molar-refractivity contribution is 0.252. The predicted octanol–water partition coefficient (Wildman–Crippen LogP) is 4.25. The largest absolute Gasteiger partial charge is 0.334 e. The van der Waals surface area contributed by atoms with E-state index in [9.17, 15) is 4.79 Å². The van der Waals surface area contributed by atoms with Crippen molar-refractivity contribution < 1.29 is 4.79 Å². The SMILES string of the molecule is CC(C)(C)c1cc(CNC(=O)Nc2cccc3cnccc23)ccn1. The van der Waals surface area contributed by atoms with E-state index in [1.165, 1.54) is 0 Å². The highest BCUT2D eigenvalue weighted by atomic mass is 16.2. The first-order valence-corrected chi connectivity index (χ1v) is 8.26. The summed E-state index contributed by atoms with van der Waals surface area (Å²) in [6, 6.07) is 11.4. The molecule has 0 bridgehead atoms. The number of pyridine rings is 2. The summed E-state index contributed by atoms with van der Waals surface area (Å²) in [5.41, 5.74) is 2.78. The van der Waals surface area contributed by atoms with Crippen LogP contribution in [0.3, 0.4) is 0 Å². The second kappa shape index (κ2) is 6.89. The Labute approximate surface area is 147 Å². The summed E-state index contributed by atoms with van der Waals surface area (Å²) in [4.78, 5) is 20.8. The molecule has 2 aromatic heterocycles. The number of carbonyl (C=O) groups excluding carboxylic acids is 1. The van der Waals surface area contributed by atoms with Gasteiger partial charge in [-0.05, 0) is 29.8 Å². The molecule has 0 aliphatic heterocycles. The summed E-state index contributed by atoms with van der Waals surface area (Å²) in [6.45, 7) is 6.81. The summed E-state index contributed by atoms with van der Waals surface area (Å²) < 4.78 is 0. The third-order valence-corrected chi connectivity index (χ3v) is 3.97. The molecular formula is C20H22N4O. The van der Waals surface area contributed by atoms with E-state index in [0.717, 1.165) is 27.7 Å². The summed E-state index contributed by atoms with van der Waals surface area (Å²) in [6.07, 6.45) is 5.28. The number of rotatable bonds is 3. The average Bonchev–Trinajstić information content (AvgIpc) is 2.60. The number of benzene rings is 1. The number of hydrogen-bond acceptors (Lipinski definition) is 3. The van der Waals surface area contributed by atoms with Crippen LogP contribution in [0.25, 0.3) is 10.8 Å². The van der Waals surface area contributed by atoms with E-state index in [0.29, 0.717) is 6.54 Å². The van der Waals surface area contributed by atoms with Crippen LogP contribution in [-0.4, -0.2) is 16.0 Å². The standard InChI is InChI=1S/C20H22N4O/c1-20(2,3)18-11-14(7-10-22-18)12-23-19(25)24-17-6-4-5-15-13-21-9-8-16(15)17/h4-11,13H,12H2,1-3H3,(H2,23,24,25). The normalized spacial score (nSPS) is 11.3. The van der Waals surface area contributed by atoms with Gasteiger partial charge in [0.05, 0.1) is 5.69 Å². The molecule has 0 fully saturated rings. The molecule has 5 heteroatoms. The lowest BCUT2D eigenvalue weighted by atomic mass is 9.91. The van der Waals surface area contributed by atoms with Crippen LogP contribution in [0.4, 0.5) is 10.5 Å². The van der Waals surface area contributed by atoms with Gasteiger partial charge in [-0.3, -0.25) is 9.97 Å². The Morgan fingerprint density at radius 2 is 1.96 bits per heavy atom. The van der Waals surface area contributed by atoms with Gasteiger partial charge in [0.25, 0.3) is 0 Å². The van der Waals surface area contributed by atoms with E-state index < -0.39 is 0 Å². The monoisotopic (exact) mass is 334 g/mol. The molecule has 0 saturated carbocycles. The second-order valence-electron chi connectivity index (χ2n) is 7.01. The lowest BCUT2D eigenvalue weighted by Gasteiger charge is -2.18. The van der Waals surface area contributed by atoms with Crippen LogP contribution in [-0.2, 0) is 12.0 Å². The Morgan fingerprint density at radius 3 is 2.76 bits per heavy atom. The fourth-order valence-corrected chi connectivity index (χ4v) is 2.57. The van der Waals surface area contributed by atoms with Crippen LogP contribution in [0.5, 0.6) is 0 Å². The molecule has 0 aliphatic carbocycles. The van der Waals surface area contributed by atoms with E-state index in [4.69, 9.17) is 0 Å². The summed E-state index contributed by atoms with van der Waals surface area (Å²) >= 11 is 0. The van der Waals surface area contributed by atoms with Gasteiger partial charge in [-0.1, -0.05) is 32.9 Å². The molecule has 0 spiro atoms. The second-order valence-corrected chi connectivity index (χ2v) is 7.01. The number of aromatic nitrogens is 2. The first kappa shape index (κ1) is 16.9. The van der Waals surface area contributed by atoms with E-state index in [-0.39, 0.29) is 11.4 Å². The highest BCUT2D eigenvalue weighted by Gasteiger charge is 2.15. The smallest absolute Gasteiger partial charge is 0.319 e. The van der Waals surface area contributed by atoms with E-state index in [1.54, 1.807) is 18.6 Å². The quantitative estimate of drug-likeness (QED) is 0.752. The van der Waals surface area contributed by atoms with Gasteiger partial charge in [0, 0.05) is 47.0 Å². The van der Waals surface area contributed by atoms with Gasteiger partial charge < -0.3 is 10.6 Å². The van der Waals surface area contributed by atoms with Crippen molar-refractivity contribution in [2.75, 3.05) is 5.32 Å². The maximum atomic E-state index is 12.3. The Bertz CT molecular complexity index is 894. The molecule has 0 aliphatic rings. The van der Waals surface area contributed by atoms with Crippen molar-refractivity contribution in [3.63, 3.8) is 0 Å². The Kier molecular flexibility index (Phi) is 4.65. The maximum Gasteiger partial charge on any atom is 0.319 e. The van der Waals surface area contributed by atoms with Gasteiger partial charge in [0.1, 0.15) is 0 Å². The predicted molar refractivity (Wildman–Crippen MR) is 101 cm³/mol. The Hall–Kier alpha value is -2.95. The minimum absolute atomic E-state index is 0.0186. The average molecular weight is 334 g/mol. The number of amides is 2. The van der Waals surface area contributed by atoms with Crippen molar-refractivity contribution in [2.45, 2.75) is 32.7 Å². The molecule has 2 N–H and O–H groups in total. The van der Waals surface area contributed by atoms with Gasteiger partial charge in [-0.2, -0.15) is 0 Å². The van der Waals surface area contributed by atoms with Crippen LogP contribution in [0.2, 0.25) is 0 Å². The molecule has 0 radical (unpaired) electrons. The van der Waals surface area contributed by atoms with Crippen LogP contribution in [0.1, 0.15) is 32.0 Å². The number of hydrogen-bond donors (Lipinski definition) is 2. The van der Waals surface area contributed by atoms with Gasteiger partial charge >= 0.3 is 6.03 Å². The van der Waals surface area contributed by atoms with Crippen LogP contribution in [0, 0.1) is 0 Å². The molecule has 5 nitrogen and oxygen atoms in total. The van der Waals surface area contributed by atoms with Crippen molar-refractivity contribution in [3.8, 4) is 0 Å². The zero-order valence-electron chi connectivity index (χ0n) is 14.7. The fourth-order valence-electron chi connectivity index (χ4n) is 2.57. The Balaban J connectivity index is 1.67. The van der Waals surface area contributed by atoms with E-state index in [1.807, 2.05) is 36.4 Å². The van der Waals surface area contributed by atoms with E-state index in [2.05, 4.69) is 41.4 Å². The topological polar surface area (TPSA) is 66.9 Å². The third-order valence-electron chi connectivity index (χ3n) is 3.97. The van der Waals surface area contributed by atoms with Gasteiger partial charge in [-0.25, -0.2) is 4.79 Å². The van der Waals surface area contributed by atoms with Gasteiger partial charge in [0.15, 0.2) is 0 Å². The van der Waals surface area contributed by atoms with Crippen LogP contribution in [0.15, 0.2) is 55.0 Å². The van der Waals surface area contributed by atoms with Crippen molar-refractivity contribution in [3.05, 3.63) is 66.2 Å². The molecule has 128 valence electrons. The number of nitrogens with one attached hydrogen (secondary N) is 2. The van der Waals surface area contributed by atoms with Crippen LogP contribution < -0.4 is 10.6 Å². The lowest BCUT2D eigenvalue weighted by Crippen LogP contribution is -2.28. The molecule has 2 amide bonds. The van der Waals surface area contributed by atoms with Crippen LogP contribution >= 0.6 is 0 Å². The summed E-state index contributed by atoms with van der Waals surface area (Å²) in [5.74, 6) is 0.